The summed E-state index contributed by atoms with van der Waals surface area (Å²) >= 11 is 0. The normalized spacial score (nSPS) is 35.2. The molecule has 0 aliphatic carbocycles. The van der Waals surface area contributed by atoms with Crippen LogP contribution in [0.15, 0.2) is 54.6 Å². The number of hydrogen-bond donors (Lipinski definition) is 1. The largest absolute Gasteiger partial charge is 0.465 e. The minimum atomic E-state index is -1.37. The summed E-state index contributed by atoms with van der Waals surface area (Å²) in [6.45, 7) is 5.85. The summed E-state index contributed by atoms with van der Waals surface area (Å²) in [5.41, 5.74) is -1.77. The van der Waals surface area contributed by atoms with Gasteiger partial charge in [0.2, 0.25) is 11.8 Å². The predicted molar refractivity (Wildman–Crippen MR) is 127 cm³/mol. The molecule has 6 atom stereocenters. The first-order valence-electron chi connectivity index (χ1n) is 12.3. The van der Waals surface area contributed by atoms with Gasteiger partial charge >= 0.3 is 5.97 Å². The van der Waals surface area contributed by atoms with E-state index in [1.807, 2.05) is 62.4 Å². The predicted octanol–water partition coefficient (Wildman–Crippen LogP) is 2.00. The molecule has 1 aromatic carbocycles. The Hall–Kier alpha value is -2.97. The van der Waals surface area contributed by atoms with Gasteiger partial charge in [0.25, 0.3) is 0 Å². The maximum Gasteiger partial charge on any atom is 0.313 e. The van der Waals surface area contributed by atoms with E-state index in [9.17, 15) is 19.5 Å². The van der Waals surface area contributed by atoms with Crippen molar-refractivity contribution in [1.29, 1.82) is 0 Å². The Morgan fingerprint density at radius 2 is 1.80 bits per heavy atom. The molecule has 4 heterocycles. The van der Waals surface area contributed by atoms with Crippen molar-refractivity contribution in [3.8, 4) is 0 Å². The summed E-state index contributed by atoms with van der Waals surface area (Å²) in [6, 6.07) is 7.24. The Kier molecular flexibility index (Phi) is 5.84. The van der Waals surface area contributed by atoms with Gasteiger partial charge in [-0.3, -0.25) is 14.4 Å². The van der Waals surface area contributed by atoms with Crippen LogP contribution in [0.3, 0.4) is 0 Å². The summed E-state index contributed by atoms with van der Waals surface area (Å²) in [6.07, 6.45) is 7.95. The number of esters is 1. The van der Waals surface area contributed by atoms with E-state index in [2.05, 4.69) is 0 Å². The molecule has 1 aromatic rings. The number of ether oxygens (including phenoxy) is 2. The van der Waals surface area contributed by atoms with Gasteiger partial charge in [-0.2, -0.15) is 0 Å². The van der Waals surface area contributed by atoms with Crippen LogP contribution in [0, 0.1) is 11.8 Å². The molecule has 0 aromatic heterocycles. The highest BCUT2D eigenvalue weighted by Crippen LogP contribution is 2.58. The maximum absolute atomic E-state index is 14.3. The molecule has 186 valence electrons. The Morgan fingerprint density at radius 3 is 2.49 bits per heavy atom. The zero-order chi connectivity index (χ0) is 25.0. The van der Waals surface area contributed by atoms with Gasteiger partial charge in [-0.1, -0.05) is 54.6 Å². The molecule has 0 saturated carbocycles. The van der Waals surface area contributed by atoms with Gasteiger partial charge in [-0.05, 0) is 32.8 Å². The first-order valence-corrected chi connectivity index (χ1v) is 12.3. The Labute approximate surface area is 205 Å². The molecule has 1 N–H and O–H groups in total. The van der Waals surface area contributed by atoms with Crippen LogP contribution in [0.4, 0.5) is 0 Å². The lowest BCUT2D eigenvalue weighted by atomic mass is 9.74. The van der Waals surface area contributed by atoms with E-state index in [4.69, 9.17) is 9.47 Å². The molecule has 2 saturated heterocycles. The van der Waals surface area contributed by atoms with Crippen molar-refractivity contribution < 1.29 is 29.0 Å². The second-order valence-electron chi connectivity index (χ2n) is 10.2. The smallest absolute Gasteiger partial charge is 0.313 e. The number of aliphatic hydroxyl groups excluding tert-OH is 1. The van der Waals surface area contributed by atoms with E-state index in [1.54, 1.807) is 17.9 Å². The fourth-order valence-electron chi connectivity index (χ4n) is 6.27. The molecule has 35 heavy (non-hydrogen) atoms. The molecule has 0 bridgehead atoms. The highest BCUT2D eigenvalue weighted by Gasteiger charge is 2.75. The standard InChI is InChI=1S/C27H32N2O6/c1-17(2)28-14-9-13-27-20(21-25(33)34-15-8-7-12-26(21,3)35-27)23(31)29(22(27)24(28)32)19(16-30)18-10-5-4-6-11-18/h4-7,9-13,17,19-22,30H,8,14-16H2,1-3H3/t19-,20+,21-,22?,26+,27+/m1/s1. The van der Waals surface area contributed by atoms with Gasteiger partial charge in [0.15, 0.2) is 0 Å². The van der Waals surface area contributed by atoms with Crippen molar-refractivity contribution in [1.82, 2.24) is 9.80 Å². The number of rotatable bonds is 4. The van der Waals surface area contributed by atoms with Crippen molar-refractivity contribution in [2.45, 2.75) is 56.5 Å². The molecule has 5 rings (SSSR count). The molecule has 2 fully saturated rings. The average molecular weight is 481 g/mol. The van der Waals surface area contributed by atoms with Gasteiger partial charge in [0, 0.05) is 12.6 Å². The molecule has 8 nitrogen and oxygen atoms in total. The summed E-state index contributed by atoms with van der Waals surface area (Å²) < 4.78 is 12.2. The monoisotopic (exact) mass is 480 g/mol. The fourth-order valence-corrected chi connectivity index (χ4v) is 6.27. The number of nitrogens with zero attached hydrogens (tertiary/aromatic N) is 2. The SMILES string of the molecule is CC(C)N1CC=C[C@]23O[C@@]4(C)C=CCCOC(=O)[C@H]4[C@H]2C(=O)N([C@H](CO)c2ccccc2)C3C1=O. The van der Waals surface area contributed by atoms with E-state index >= 15 is 0 Å². The van der Waals surface area contributed by atoms with E-state index in [0.29, 0.717) is 18.5 Å². The third-order valence-electron chi connectivity index (χ3n) is 7.81. The number of fused-ring (bicyclic) bond motifs is 2. The van der Waals surface area contributed by atoms with E-state index < -0.39 is 41.1 Å². The first kappa shape index (κ1) is 23.8. The number of cyclic esters (lactones) is 1. The van der Waals surface area contributed by atoms with Crippen LogP contribution >= 0.6 is 0 Å². The first-order chi connectivity index (χ1) is 16.7. The van der Waals surface area contributed by atoms with E-state index in [-0.39, 0.29) is 31.1 Å². The van der Waals surface area contributed by atoms with Crippen LogP contribution in [0.1, 0.15) is 38.8 Å². The summed E-state index contributed by atoms with van der Waals surface area (Å²) in [7, 11) is 0. The summed E-state index contributed by atoms with van der Waals surface area (Å²) in [5.74, 6) is -3.03. The third-order valence-corrected chi connectivity index (χ3v) is 7.81. The lowest BCUT2D eigenvalue weighted by molar-refractivity contribution is -0.162. The molecule has 4 aliphatic rings. The Balaban J connectivity index is 1.71. The van der Waals surface area contributed by atoms with Gasteiger partial charge in [0.1, 0.15) is 17.6 Å². The molecule has 0 radical (unpaired) electrons. The Morgan fingerprint density at radius 1 is 1.06 bits per heavy atom. The number of carbonyl (C=O) groups excluding carboxylic acids is 3. The van der Waals surface area contributed by atoms with Gasteiger partial charge in [-0.15, -0.1) is 0 Å². The molecular weight excluding hydrogens is 448 g/mol. The minimum Gasteiger partial charge on any atom is -0.465 e. The molecule has 4 aliphatic heterocycles. The fraction of sp³-hybridized carbons (Fsp3) is 0.519. The second-order valence-corrected chi connectivity index (χ2v) is 10.2. The summed E-state index contributed by atoms with van der Waals surface area (Å²) in [4.78, 5) is 44.9. The molecule has 1 spiro atoms. The van der Waals surface area contributed by atoms with Crippen LogP contribution in [0.2, 0.25) is 0 Å². The van der Waals surface area contributed by atoms with Crippen LogP contribution in [0.5, 0.6) is 0 Å². The molecular formula is C27H32N2O6. The van der Waals surface area contributed by atoms with Crippen molar-refractivity contribution in [3.05, 3.63) is 60.2 Å². The van der Waals surface area contributed by atoms with Crippen LogP contribution in [-0.2, 0) is 23.9 Å². The van der Waals surface area contributed by atoms with Crippen molar-refractivity contribution >= 4 is 17.8 Å². The van der Waals surface area contributed by atoms with Crippen molar-refractivity contribution in [2.75, 3.05) is 19.8 Å². The van der Waals surface area contributed by atoms with Gasteiger partial charge in [0.05, 0.1) is 30.8 Å². The zero-order valence-electron chi connectivity index (χ0n) is 20.3. The topological polar surface area (TPSA) is 96.4 Å². The maximum atomic E-state index is 14.3. The minimum absolute atomic E-state index is 0.113. The quantitative estimate of drug-likeness (QED) is 0.523. The molecule has 8 heteroatoms. The number of amides is 2. The number of hydrogen-bond acceptors (Lipinski definition) is 6. The highest BCUT2D eigenvalue weighted by atomic mass is 16.6. The zero-order valence-corrected chi connectivity index (χ0v) is 20.3. The van der Waals surface area contributed by atoms with Crippen molar-refractivity contribution in [2.24, 2.45) is 11.8 Å². The molecule has 2 amide bonds. The third kappa shape index (κ3) is 3.45. The number of benzene rings is 1. The van der Waals surface area contributed by atoms with E-state index in [0.717, 1.165) is 0 Å². The summed E-state index contributed by atoms with van der Waals surface area (Å²) in [5, 5.41) is 10.5. The number of aliphatic hydroxyl groups is 1. The van der Waals surface area contributed by atoms with Gasteiger partial charge in [-0.25, -0.2) is 0 Å². The molecule has 1 unspecified atom stereocenters. The lowest BCUT2D eigenvalue weighted by Crippen LogP contribution is -2.57. The van der Waals surface area contributed by atoms with Crippen LogP contribution < -0.4 is 0 Å². The Bertz CT molecular complexity index is 1080. The van der Waals surface area contributed by atoms with Crippen LogP contribution in [-0.4, -0.2) is 75.7 Å². The number of likely N-dealkylation sites (tertiary alicyclic amines) is 1. The van der Waals surface area contributed by atoms with E-state index in [1.165, 1.54) is 4.90 Å². The highest BCUT2D eigenvalue weighted by molar-refractivity contribution is 5.99. The second kappa shape index (κ2) is 8.60. The lowest BCUT2D eigenvalue weighted by Gasteiger charge is -2.41. The van der Waals surface area contributed by atoms with Gasteiger partial charge < -0.3 is 24.4 Å². The number of carbonyl (C=O) groups is 3. The average Bonchev–Trinajstić information content (AvgIpc) is 3.14. The van der Waals surface area contributed by atoms with Crippen molar-refractivity contribution in [3.63, 3.8) is 0 Å². The van der Waals surface area contributed by atoms with Crippen LogP contribution in [0.25, 0.3) is 0 Å².